The maximum atomic E-state index is 13.4. The summed E-state index contributed by atoms with van der Waals surface area (Å²) < 4.78 is 33.9. The van der Waals surface area contributed by atoms with Crippen molar-refractivity contribution < 1.29 is 23.1 Å². The van der Waals surface area contributed by atoms with E-state index in [1.54, 1.807) is 12.1 Å². The van der Waals surface area contributed by atoms with Crippen LogP contribution in [-0.2, 0) is 21.2 Å². The van der Waals surface area contributed by atoms with Crippen molar-refractivity contribution in [2.45, 2.75) is 37.0 Å². The van der Waals surface area contributed by atoms with Gasteiger partial charge in [0.05, 0.1) is 13.5 Å². The van der Waals surface area contributed by atoms with Gasteiger partial charge in [-0.15, -0.1) is 0 Å². The van der Waals surface area contributed by atoms with Crippen molar-refractivity contribution in [3.8, 4) is 5.75 Å². The van der Waals surface area contributed by atoms with Crippen molar-refractivity contribution in [1.82, 2.24) is 4.31 Å². The summed E-state index contributed by atoms with van der Waals surface area (Å²) in [7, 11) is -2.26. The monoisotopic (exact) mass is 444 g/mol. The van der Waals surface area contributed by atoms with Gasteiger partial charge in [0.15, 0.2) is 0 Å². The van der Waals surface area contributed by atoms with Gasteiger partial charge in [0.2, 0.25) is 10.0 Å². The molecule has 1 fully saturated rings. The number of aryl methyl sites for hydroxylation is 2. The van der Waals surface area contributed by atoms with E-state index in [-0.39, 0.29) is 23.0 Å². The van der Waals surface area contributed by atoms with Gasteiger partial charge < -0.3 is 14.7 Å². The molecular weight excluding hydrogens is 416 g/mol. The van der Waals surface area contributed by atoms with Crippen molar-refractivity contribution in [3.63, 3.8) is 0 Å². The van der Waals surface area contributed by atoms with Crippen LogP contribution in [0.3, 0.4) is 0 Å². The van der Waals surface area contributed by atoms with Crippen LogP contribution in [0.2, 0.25) is 0 Å². The Morgan fingerprint density at radius 2 is 1.81 bits per heavy atom. The fourth-order valence-electron chi connectivity index (χ4n) is 4.56. The van der Waals surface area contributed by atoms with Crippen LogP contribution >= 0.6 is 0 Å². The summed E-state index contributed by atoms with van der Waals surface area (Å²) in [6.07, 6.45) is 1.44. The van der Waals surface area contributed by atoms with E-state index >= 15 is 0 Å². The number of methoxy groups -OCH3 is 1. The molecule has 4 rings (SSSR count). The third-order valence-electron chi connectivity index (χ3n) is 6.30. The predicted molar refractivity (Wildman–Crippen MR) is 118 cm³/mol. The lowest BCUT2D eigenvalue weighted by molar-refractivity contribution is -0.137. The molecule has 0 aromatic heterocycles. The number of carbonyl (C=O) groups is 1. The first-order valence-corrected chi connectivity index (χ1v) is 12.0. The van der Waals surface area contributed by atoms with E-state index in [0.717, 1.165) is 16.8 Å². The zero-order chi connectivity index (χ0) is 22.2. The fourth-order valence-corrected chi connectivity index (χ4v) is 6.17. The number of benzene rings is 2. The highest BCUT2D eigenvalue weighted by Gasteiger charge is 2.34. The zero-order valence-electron chi connectivity index (χ0n) is 17.9. The summed E-state index contributed by atoms with van der Waals surface area (Å²) in [4.78, 5) is 13.5. The lowest BCUT2D eigenvalue weighted by Crippen LogP contribution is -2.48. The lowest BCUT2D eigenvalue weighted by atomic mass is 9.98. The Hall–Kier alpha value is -2.58. The van der Waals surface area contributed by atoms with Gasteiger partial charge in [0.1, 0.15) is 10.6 Å². The molecule has 2 aliphatic rings. The second-order valence-electron chi connectivity index (χ2n) is 8.26. The minimum atomic E-state index is -3.71. The van der Waals surface area contributed by atoms with Gasteiger partial charge in [-0.25, -0.2) is 8.42 Å². The number of nitrogens with zero attached hydrogens (tertiary/aromatic N) is 2. The van der Waals surface area contributed by atoms with Gasteiger partial charge in [-0.2, -0.15) is 4.31 Å². The molecule has 0 radical (unpaired) electrons. The Balaban J connectivity index is 1.55. The Morgan fingerprint density at radius 1 is 1.13 bits per heavy atom. The van der Waals surface area contributed by atoms with E-state index < -0.39 is 16.0 Å². The largest absolute Gasteiger partial charge is 0.495 e. The Morgan fingerprint density at radius 3 is 2.42 bits per heavy atom. The molecule has 31 heavy (non-hydrogen) atoms. The minimum absolute atomic E-state index is 0.0449. The van der Waals surface area contributed by atoms with Crippen molar-refractivity contribution in [2.75, 3.05) is 38.2 Å². The highest BCUT2D eigenvalue weighted by Crippen LogP contribution is 2.41. The molecule has 2 aromatic carbocycles. The number of sulfonamides is 1. The topological polar surface area (TPSA) is 87.2 Å². The molecular formula is C23H28N2O5S. The summed E-state index contributed by atoms with van der Waals surface area (Å²) in [5.41, 5.74) is 4.09. The van der Waals surface area contributed by atoms with Crippen LogP contribution in [0.25, 0.3) is 0 Å². The molecule has 1 atom stereocenters. The lowest BCUT2D eigenvalue weighted by Gasteiger charge is -2.35. The van der Waals surface area contributed by atoms with E-state index in [4.69, 9.17) is 9.84 Å². The molecule has 0 amide bonds. The Bertz CT molecular complexity index is 1070. The molecule has 0 saturated carbocycles. The molecule has 1 unspecified atom stereocenters. The van der Waals surface area contributed by atoms with E-state index in [1.807, 2.05) is 6.92 Å². The fraction of sp³-hybridized carbons (Fsp3) is 0.435. The van der Waals surface area contributed by atoms with Gasteiger partial charge in [-0.1, -0.05) is 17.7 Å². The van der Waals surface area contributed by atoms with E-state index in [2.05, 4.69) is 29.2 Å². The third-order valence-corrected chi connectivity index (χ3v) is 8.22. The standard InChI is InChI=1S/C23H28N2O5S/c1-16-3-7-19(8-4-16)24-9-11-25(12-10-24)31(28,29)22-13-17-5-6-18(14-23(26)27)20(17)15-21(22)30-2/h3-4,7-8,13,15,18H,5-6,9-12,14H2,1-2H3,(H,26,27). The average molecular weight is 445 g/mol. The summed E-state index contributed by atoms with van der Waals surface area (Å²) >= 11 is 0. The van der Waals surface area contributed by atoms with E-state index in [0.29, 0.717) is 39.0 Å². The number of carboxylic acids is 1. The van der Waals surface area contributed by atoms with Gasteiger partial charge in [0, 0.05) is 31.9 Å². The number of hydrogen-bond acceptors (Lipinski definition) is 5. The zero-order valence-corrected chi connectivity index (χ0v) is 18.7. The molecule has 0 bridgehead atoms. The number of carboxylic acid groups (broad SMARTS) is 1. The molecule has 2 aromatic rings. The van der Waals surface area contributed by atoms with Crippen LogP contribution in [0.1, 0.15) is 35.4 Å². The predicted octanol–water partition coefficient (Wildman–Crippen LogP) is 3.02. The van der Waals surface area contributed by atoms with Gasteiger partial charge >= 0.3 is 5.97 Å². The van der Waals surface area contributed by atoms with Gasteiger partial charge in [-0.05, 0) is 61.1 Å². The SMILES string of the molecule is COc1cc2c(cc1S(=O)(=O)N1CCN(c3ccc(C)cc3)CC1)CCC2CC(=O)O. The first-order chi connectivity index (χ1) is 14.8. The van der Waals surface area contributed by atoms with Crippen LogP contribution in [0.15, 0.2) is 41.3 Å². The molecule has 0 spiro atoms. The first-order valence-electron chi connectivity index (χ1n) is 10.5. The maximum Gasteiger partial charge on any atom is 0.303 e. The number of rotatable bonds is 6. The van der Waals surface area contributed by atoms with Crippen molar-refractivity contribution >= 4 is 21.7 Å². The summed E-state index contributed by atoms with van der Waals surface area (Å²) in [5, 5.41) is 9.16. The second-order valence-corrected chi connectivity index (χ2v) is 10.2. The van der Waals surface area contributed by atoms with Crippen molar-refractivity contribution in [2.24, 2.45) is 0 Å². The van der Waals surface area contributed by atoms with Crippen LogP contribution in [0, 0.1) is 6.92 Å². The molecule has 7 nitrogen and oxygen atoms in total. The number of aliphatic carboxylic acids is 1. The number of piperazine rings is 1. The normalized spacial score (nSPS) is 19.3. The highest BCUT2D eigenvalue weighted by molar-refractivity contribution is 7.89. The number of ether oxygens (including phenoxy) is 1. The molecule has 8 heteroatoms. The number of hydrogen-bond donors (Lipinski definition) is 1. The molecule has 1 N–H and O–H groups in total. The van der Waals surface area contributed by atoms with E-state index in [9.17, 15) is 13.2 Å². The number of fused-ring (bicyclic) bond motifs is 1. The summed E-state index contributed by atoms with van der Waals surface area (Å²) in [6.45, 7) is 4.09. The summed E-state index contributed by atoms with van der Waals surface area (Å²) in [5.74, 6) is -0.659. The molecule has 1 saturated heterocycles. The minimum Gasteiger partial charge on any atom is -0.495 e. The van der Waals surface area contributed by atoms with Gasteiger partial charge in [0.25, 0.3) is 0 Å². The maximum absolute atomic E-state index is 13.4. The Kier molecular flexibility index (Phi) is 5.94. The van der Waals surface area contributed by atoms with E-state index in [1.165, 1.54) is 17.0 Å². The second kappa shape index (κ2) is 8.51. The van der Waals surface area contributed by atoms with Crippen molar-refractivity contribution in [3.05, 3.63) is 53.1 Å². The quantitative estimate of drug-likeness (QED) is 0.737. The average Bonchev–Trinajstić information content (AvgIpc) is 3.14. The summed E-state index contributed by atoms with van der Waals surface area (Å²) in [6, 6.07) is 11.7. The Labute approximate surface area is 183 Å². The van der Waals surface area contributed by atoms with Gasteiger partial charge in [-0.3, -0.25) is 4.79 Å². The molecule has 1 heterocycles. The molecule has 166 valence electrons. The highest BCUT2D eigenvalue weighted by atomic mass is 32.2. The van der Waals surface area contributed by atoms with Crippen LogP contribution < -0.4 is 9.64 Å². The van der Waals surface area contributed by atoms with Crippen LogP contribution in [-0.4, -0.2) is 57.1 Å². The third kappa shape index (κ3) is 4.27. The molecule has 1 aliphatic carbocycles. The molecule has 1 aliphatic heterocycles. The first kappa shape index (κ1) is 21.6. The smallest absolute Gasteiger partial charge is 0.303 e. The van der Waals surface area contributed by atoms with Crippen LogP contribution in [0.4, 0.5) is 5.69 Å². The van der Waals surface area contributed by atoms with Crippen LogP contribution in [0.5, 0.6) is 5.75 Å². The number of anilines is 1. The van der Waals surface area contributed by atoms with Crippen molar-refractivity contribution in [1.29, 1.82) is 0 Å².